The van der Waals surface area contributed by atoms with Gasteiger partial charge in [-0.25, -0.2) is 0 Å². The first-order valence-corrected chi connectivity index (χ1v) is 2.95. The summed E-state index contributed by atoms with van der Waals surface area (Å²) >= 11 is 0. The number of halogens is 1. The van der Waals surface area contributed by atoms with Gasteiger partial charge in [-0.1, -0.05) is 0 Å². The van der Waals surface area contributed by atoms with Crippen molar-refractivity contribution in [1.82, 2.24) is 0 Å². The van der Waals surface area contributed by atoms with Crippen molar-refractivity contribution in [3.05, 3.63) is 0 Å². The summed E-state index contributed by atoms with van der Waals surface area (Å²) in [5.41, 5.74) is 4.13. The van der Waals surface area contributed by atoms with Crippen LogP contribution in [0.5, 0.6) is 0 Å². The number of epoxide rings is 1. The lowest BCUT2D eigenvalue weighted by molar-refractivity contribution is -0.479. The van der Waals surface area contributed by atoms with Crippen LogP contribution < -0.4 is 22.7 Å². The predicted molar refractivity (Wildman–Crippen MR) is 31.3 cm³/mol. The summed E-state index contributed by atoms with van der Waals surface area (Å²) in [6, 6.07) is 0. The van der Waals surface area contributed by atoms with Gasteiger partial charge in [0.15, 0.2) is 0 Å². The van der Waals surface area contributed by atoms with E-state index in [2.05, 4.69) is 26.5 Å². The maximum absolute atomic E-state index is 5.20. The Labute approximate surface area is 66.5 Å². The summed E-state index contributed by atoms with van der Waals surface area (Å²) in [7, 11) is 0. The Kier molecular flexibility index (Phi) is 2.32. The molecule has 56 valence electrons. The second kappa shape index (κ2) is 2.22. The number of hydrogen-bond donors (Lipinski definition) is 1. The van der Waals surface area contributed by atoms with Crippen molar-refractivity contribution < 1.29 is 27.5 Å². The molecule has 1 fully saturated rings. The summed E-state index contributed by atoms with van der Waals surface area (Å²) in [6.45, 7) is 7.17. The largest absolute Gasteiger partial charge is 1.00 e. The highest BCUT2D eigenvalue weighted by Gasteiger charge is 2.53. The zero-order valence-electron chi connectivity index (χ0n) is 6.20. The summed E-state index contributed by atoms with van der Waals surface area (Å²) in [5, 5.41) is 0. The number of rotatable bonds is 1. The van der Waals surface area contributed by atoms with Gasteiger partial charge in [-0.3, -0.25) is 0 Å². The van der Waals surface area contributed by atoms with E-state index in [4.69, 9.17) is 4.74 Å². The van der Waals surface area contributed by atoms with Gasteiger partial charge >= 0.3 is 0 Å². The van der Waals surface area contributed by atoms with E-state index in [0.717, 1.165) is 6.61 Å². The Morgan fingerprint density at radius 2 is 1.89 bits per heavy atom. The molecular formula is C6H14BrNO. The maximum Gasteiger partial charge on any atom is 0.142 e. The minimum absolute atomic E-state index is 0. The van der Waals surface area contributed by atoms with E-state index >= 15 is 0 Å². The summed E-state index contributed by atoms with van der Waals surface area (Å²) in [5.74, 6) is 0. The number of ether oxygens (including phenoxy) is 1. The van der Waals surface area contributed by atoms with E-state index in [1.165, 1.54) is 0 Å². The van der Waals surface area contributed by atoms with Gasteiger partial charge in [-0.05, 0) is 20.8 Å². The van der Waals surface area contributed by atoms with Crippen LogP contribution in [0.4, 0.5) is 0 Å². The fourth-order valence-electron chi connectivity index (χ4n) is 0.499. The lowest BCUT2D eigenvalue weighted by Crippen LogP contribution is -3.00. The van der Waals surface area contributed by atoms with E-state index < -0.39 is 0 Å². The van der Waals surface area contributed by atoms with E-state index in [1.807, 2.05) is 0 Å². The van der Waals surface area contributed by atoms with E-state index in [9.17, 15) is 0 Å². The first kappa shape index (κ1) is 9.40. The van der Waals surface area contributed by atoms with Gasteiger partial charge in [0, 0.05) is 0 Å². The van der Waals surface area contributed by atoms with Crippen molar-refractivity contribution in [2.24, 2.45) is 0 Å². The van der Waals surface area contributed by atoms with E-state index in [1.54, 1.807) is 0 Å². The summed E-state index contributed by atoms with van der Waals surface area (Å²) < 4.78 is 5.20. The molecule has 0 bridgehead atoms. The van der Waals surface area contributed by atoms with Gasteiger partial charge in [-0.15, -0.1) is 0 Å². The van der Waals surface area contributed by atoms with Gasteiger partial charge in [0.1, 0.15) is 11.1 Å². The van der Waals surface area contributed by atoms with E-state index in [0.29, 0.717) is 0 Å². The molecule has 1 saturated heterocycles. The fraction of sp³-hybridized carbons (Fsp3) is 1.00. The zero-order chi connectivity index (χ0) is 6.41. The van der Waals surface area contributed by atoms with Gasteiger partial charge in [0.25, 0.3) is 0 Å². The molecule has 9 heavy (non-hydrogen) atoms. The molecule has 0 aromatic rings. The van der Waals surface area contributed by atoms with Crippen molar-refractivity contribution in [3.63, 3.8) is 0 Å². The van der Waals surface area contributed by atoms with Crippen molar-refractivity contribution in [1.29, 1.82) is 0 Å². The Morgan fingerprint density at radius 3 is 1.89 bits per heavy atom. The molecule has 1 atom stereocenters. The molecule has 1 aliphatic heterocycles. The molecule has 0 aromatic heterocycles. The summed E-state index contributed by atoms with van der Waals surface area (Å²) in [6.07, 6.45) is 0. The Bertz CT molecular complexity index is 101. The molecule has 0 radical (unpaired) electrons. The Hall–Kier alpha value is 0.400. The average Bonchev–Trinajstić information content (AvgIpc) is 2.16. The summed E-state index contributed by atoms with van der Waals surface area (Å²) in [4.78, 5) is 0. The number of quaternary nitrogens is 1. The van der Waals surface area contributed by atoms with Crippen LogP contribution >= 0.6 is 0 Å². The van der Waals surface area contributed by atoms with Crippen molar-refractivity contribution in [2.75, 3.05) is 6.61 Å². The van der Waals surface area contributed by atoms with Crippen LogP contribution in [-0.4, -0.2) is 17.7 Å². The maximum atomic E-state index is 5.20. The minimum atomic E-state index is 0. The molecule has 2 nitrogen and oxygen atoms in total. The second-order valence-corrected chi connectivity index (χ2v) is 3.40. The lowest BCUT2D eigenvalue weighted by atomic mass is 9.91. The third-order valence-electron chi connectivity index (χ3n) is 2.01. The van der Waals surface area contributed by atoms with Gasteiger partial charge in [0.2, 0.25) is 0 Å². The monoisotopic (exact) mass is 195 g/mol. The first-order chi connectivity index (χ1) is 3.46. The smallest absolute Gasteiger partial charge is 0.142 e. The molecule has 0 aliphatic carbocycles. The molecule has 1 aliphatic rings. The van der Waals surface area contributed by atoms with Crippen LogP contribution in [0.3, 0.4) is 0 Å². The van der Waals surface area contributed by atoms with Crippen LogP contribution in [0.15, 0.2) is 0 Å². The molecule has 1 heterocycles. The fourth-order valence-corrected chi connectivity index (χ4v) is 0.499. The normalized spacial score (nSPS) is 33.3. The highest BCUT2D eigenvalue weighted by molar-refractivity contribution is 4.99. The lowest BCUT2D eigenvalue weighted by Gasteiger charge is -2.18. The predicted octanol–water partition coefficient (Wildman–Crippen LogP) is -3.20. The standard InChI is InChI=1S/C6H13NO.BrH/c1-5(2,7)6(3)4-8-6;/h4,7H2,1-3H3;1H. The molecule has 1 unspecified atom stereocenters. The second-order valence-electron chi connectivity index (χ2n) is 3.40. The molecule has 0 spiro atoms. The van der Waals surface area contributed by atoms with Gasteiger partial charge < -0.3 is 27.5 Å². The molecule has 1 rings (SSSR count). The molecule has 0 amide bonds. The van der Waals surface area contributed by atoms with Crippen molar-refractivity contribution in [2.45, 2.75) is 31.9 Å². The third-order valence-corrected chi connectivity index (χ3v) is 2.01. The molecular weight excluding hydrogens is 182 g/mol. The van der Waals surface area contributed by atoms with Crippen LogP contribution in [0.1, 0.15) is 20.8 Å². The van der Waals surface area contributed by atoms with Crippen molar-refractivity contribution in [3.8, 4) is 0 Å². The molecule has 3 heteroatoms. The van der Waals surface area contributed by atoms with Crippen LogP contribution in [-0.2, 0) is 4.74 Å². The molecule has 3 N–H and O–H groups in total. The highest BCUT2D eigenvalue weighted by Crippen LogP contribution is 2.34. The van der Waals surface area contributed by atoms with Gasteiger partial charge in [-0.2, -0.15) is 0 Å². The van der Waals surface area contributed by atoms with E-state index in [-0.39, 0.29) is 28.1 Å². The quantitative estimate of drug-likeness (QED) is 0.441. The zero-order valence-corrected chi connectivity index (χ0v) is 7.79. The van der Waals surface area contributed by atoms with Crippen LogP contribution in [0.25, 0.3) is 0 Å². The van der Waals surface area contributed by atoms with Gasteiger partial charge in [0.05, 0.1) is 6.61 Å². The minimum Gasteiger partial charge on any atom is -1.00 e. The van der Waals surface area contributed by atoms with Crippen LogP contribution in [0, 0.1) is 0 Å². The SMILES string of the molecule is CC(C)([NH3+])C1(C)CO1.[Br-]. The average molecular weight is 196 g/mol. The molecule has 0 aromatic carbocycles. The topological polar surface area (TPSA) is 40.2 Å². The third kappa shape index (κ3) is 1.66. The number of hydrogen-bond acceptors (Lipinski definition) is 1. The van der Waals surface area contributed by atoms with Crippen LogP contribution in [0.2, 0.25) is 0 Å². The Morgan fingerprint density at radius 1 is 1.56 bits per heavy atom. The highest BCUT2D eigenvalue weighted by atomic mass is 79.9. The Balaban J connectivity index is 0.000000640. The van der Waals surface area contributed by atoms with Crippen molar-refractivity contribution >= 4 is 0 Å². The first-order valence-electron chi connectivity index (χ1n) is 2.95. The molecule has 0 saturated carbocycles.